The lowest BCUT2D eigenvalue weighted by Crippen LogP contribution is -2.39. The highest BCUT2D eigenvalue weighted by atomic mass is 32.1. The molecule has 0 saturated carbocycles. The lowest BCUT2D eigenvalue weighted by Gasteiger charge is -2.29. The number of carbonyl (C=O) groups is 1. The van der Waals surface area contributed by atoms with E-state index in [0.29, 0.717) is 10.9 Å². The van der Waals surface area contributed by atoms with E-state index in [0.717, 1.165) is 56.1 Å². The number of anilines is 1. The molecule has 1 N–H and O–H groups in total. The first kappa shape index (κ1) is 16.2. The topological polar surface area (TPSA) is 56.7 Å². The van der Waals surface area contributed by atoms with Crippen LogP contribution in [0.4, 0.5) is 5.13 Å². The number of aromatic nitrogens is 1. The van der Waals surface area contributed by atoms with Crippen LogP contribution in [0.1, 0.15) is 48.5 Å². The average Bonchev–Trinajstić information content (AvgIpc) is 2.76. The zero-order chi connectivity index (χ0) is 15.4. The van der Waals surface area contributed by atoms with Crippen LogP contribution in [0.15, 0.2) is 0 Å². The van der Waals surface area contributed by atoms with Crippen LogP contribution in [0.25, 0.3) is 0 Å². The average molecular weight is 311 g/mol. The van der Waals surface area contributed by atoms with E-state index in [1.807, 2.05) is 0 Å². The first-order chi connectivity index (χ1) is 10.1. The van der Waals surface area contributed by atoms with Crippen LogP contribution >= 0.6 is 11.3 Å². The van der Waals surface area contributed by atoms with Gasteiger partial charge in [-0.2, -0.15) is 0 Å². The Morgan fingerprint density at radius 3 is 2.81 bits per heavy atom. The molecule has 0 amide bonds. The van der Waals surface area contributed by atoms with Gasteiger partial charge >= 0.3 is 5.97 Å². The zero-order valence-corrected chi connectivity index (χ0v) is 13.9. The first-order valence-corrected chi connectivity index (χ1v) is 8.56. The largest absolute Gasteiger partial charge is 0.477 e. The van der Waals surface area contributed by atoms with Gasteiger partial charge in [-0.25, -0.2) is 9.78 Å². The van der Waals surface area contributed by atoms with Crippen molar-refractivity contribution in [3.63, 3.8) is 0 Å². The fourth-order valence-electron chi connectivity index (χ4n) is 2.88. The Morgan fingerprint density at radius 1 is 1.43 bits per heavy atom. The van der Waals surface area contributed by atoms with Crippen LogP contribution in [0, 0.1) is 0 Å². The Hall–Kier alpha value is -1.14. The van der Waals surface area contributed by atoms with Crippen molar-refractivity contribution in [1.29, 1.82) is 0 Å². The summed E-state index contributed by atoms with van der Waals surface area (Å²) >= 11 is 1.34. The van der Waals surface area contributed by atoms with Gasteiger partial charge in [0.25, 0.3) is 0 Å². The van der Waals surface area contributed by atoms with Crippen molar-refractivity contribution >= 4 is 22.4 Å². The Morgan fingerprint density at radius 2 is 2.19 bits per heavy atom. The fourth-order valence-corrected chi connectivity index (χ4v) is 3.93. The minimum absolute atomic E-state index is 0.416. The predicted octanol–water partition coefficient (Wildman–Crippen LogP) is 2.71. The van der Waals surface area contributed by atoms with Gasteiger partial charge in [0, 0.05) is 19.1 Å². The van der Waals surface area contributed by atoms with Gasteiger partial charge in [0.1, 0.15) is 4.88 Å². The zero-order valence-electron chi connectivity index (χ0n) is 13.1. The van der Waals surface area contributed by atoms with Crippen molar-refractivity contribution in [2.45, 2.75) is 45.6 Å². The number of thiazole rings is 1. The number of likely N-dealkylation sites (N-methyl/N-ethyl adjacent to an activating group) is 1. The first-order valence-electron chi connectivity index (χ1n) is 7.75. The molecule has 2 rings (SSSR count). The van der Waals surface area contributed by atoms with Crippen molar-refractivity contribution in [2.75, 3.05) is 31.6 Å². The highest BCUT2D eigenvalue weighted by Gasteiger charge is 2.27. The van der Waals surface area contributed by atoms with Crippen molar-refractivity contribution in [3.05, 3.63) is 10.6 Å². The third-order valence-corrected chi connectivity index (χ3v) is 5.11. The van der Waals surface area contributed by atoms with Gasteiger partial charge in [-0.1, -0.05) is 31.6 Å². The molecule has 1 atom stereocenters. The van der Waals surface area contributed by atoms with Crippen molar-refractivity contribution in [1.82, 2.24) is 9.88 Å². The molecule has 1 aromatic rings. The third-order valence-electron chi connectivity index (χ3n) is 3.99. The van der Waals surface area contributed by atoms with Crippen LogP contribution in [-0.2, 0) is 6.42 Å². The quantitative estimate of drug-likeness (QED) is 0.906. The molecule has 0 bridgehead atoms. The molecule has 2 heterocycles. The van der Waals surface area contributed by atoms with Crippen LogP contribution in [0.2, 0.25) is 0 Å². The maximum atomic E-state index is 11.4. The standard InChI is InChI=1S/C15H25N3O2S/c1-4-7-12-13(14(19)20)21-15(16-12)18-9-6-8-17(3)10-11(18)5-2/h11H,4-10H2,1-3H3,(H,19,20). The maximum Gasteiger partial charge on any atom is 0.347 e. The molecule has 0 aromatic carbocycles. The molecule has 1 aliphatic rings. The van der Waals surface area contributed by atoms with E-state index in [1.165, 1.54) is 11.3 Å². The number of carboxylic acid groups (broad SMARTS) is 1. The second-order valence-corrected chi connectivity index (χ2v) is 6.68. The summed E-state index contributed by atoms with van der Waals surface area (Å²) in [5, 5.41) is 10.3. The summed E-state index contributed by atoms with van der Waals surface area (Å²) in [5.74, 6) is -0.845. The molecular formula is C15H25N3O2S. The highest BCUT2D eigenvalue weighted by molar-refractivity contribution is 7.17. The molecule has 6 heteroatoms. The maximum absolute atomic E-state index is 11.4. The third kappa shape index (κ3) is 3.74. The summed E-state index contributed by atoms with van der Waals surface area (Å²) in [6.45, 7) is 7.31. The molecule has 1 aromatic heterocycles. The molecule has 0 spiro atoms. The molecule has 21 heavy (non-hydrogen) atoms. The number of rotatable bonds is 5. The number of aromatic carboxylic acids is 1. The van der Waals surface area contributed by atoms with E-state index < -0.39 is 5.97 Å². The van der Waals surface area contributed by atoms with E-state index in [2.05, 4.69) is 35.7 Å². The van der Waals surface area contributed by atoms with Crippen LogP contribution in [0.5, 0.6) is 0 Å². The van der Waals surface area contributed by atoms with Crippen molar-refractivity contribution in [2.24, 2.45) is 0 Å². The normalized spacial score (nSPS) is 20.5. The van der Waals surface area contributed by atoms with Gasteiger partial charge in [0.15, 0.2) is 5.13 Å². The molecule has 1 fully saturated rings. The minimum Gasteiger partial charge on any atom is -0.477 e. The Kier molecular flexibility index (Phi) is 5.58. The van der Waals surface area contributed by atoms with Crippen molar-refractivity contribution in [3.8, 4) is 0 Å². The summed E-state index contributed by atoms with van der Waals surface area (Å²) in [7, 11) is 2.15. The Bertz CT molecular complexity index is 489. The number of hydrogen-bond donors (Lipinski definition) is 1. The molecule has 118 valence electrons. The van der Waals surface area contributed by atoms with Gasteiger partial charge in [-0.15, -0.1) is 0 Å². The van der Waals surface area contributed by atoms with E-state index >= 15 is 0 Å². The highest BCUT2D eigenvalue weighted by Crippen LogP contribution is 2.30. The number of carboxylic acids is 1. The van der Waals surface area contributed by atoms with E-state index in [4.69, 9.17) is 0 Å². The predicted molar refractivity (Wildman–Crippen MR) is 86.6 cm³/mol. The van der Waals surface area contributed by atoms with Crippen molar-refractivity contribution < 1.29 is 9.90 Å². The summed E-state index contributed by atoms with van der Waals surface area (Å²) in [5.41, 5.74) is 0.748. The number of aryl methyl sites for hydroxylation is 1. The second kappa shape index (κ2) is 7.22. The van der Waals surface area contributed by atoms with Gasteiger partial charge in [0.2, 0.25) is 0 Å². The molecule has 0 radical (unpaired) electrons. The van der Waals surface area contributed by atoms with E-state index in [-0.39, 0.29) is 0 Å². The Balaban J connectivity index is 2.30. The second-order valence-electron chi connectivity index (χ2n) is 5.70. The van der Waals surface area contributed by atoms with Gasteiger partial charge < -0.3 is 14.9 Å². The summed E-state index contributed by atoms with van der Waals surface area (Å²) < 4.78 is 0. The summed E-state index contributed by atoms with van der Waals surface area (Å²) in [6.07, 6.45) is 3.81. The monoisotopic (exact) mass is 311 g/mol. The van der Waals surface area contributed by atoms with Crippen LogP contribution < -0.4 is 4.90 Å². The summed E-state index contributed by atoms with van der Waals surface area (Å²) in [4.78, 5) is 21.2. The molecule has 1 saturated heterocycles. The lowest BCUT2D eigenvalue weighted by atomic mass is 10.2. The van der Waals surface area contributed by atoms with E-state index in [1.54, 1.807) is 0 Å². The molecule has 5 nitrogen and oxygen atoms in total. The SMILES string of the molecule is CCCc1nc(N2CCCN(C)CC2CC)sc1C(=O)O. The molecular weight excluding hydrogens is 286 g/mol. The van der Waals surface area contributed by atoms with E-state index in [9.17, 15) is 9.90 Å². The smallest absolute Gasteiger partial charge is 0.347 e. The summed E-state index contributed by atoms with van der Waals surface area (Å²) in [6, 6.07) is 0.416. The number of nitrogens with zero attached hydrogens (tertiary/aromatic N) is 3. The molecule has 1 aliphatic heterocycles. The lowest BCUT2D eigenvalue weighted by molar-refractivity contribution is 0.0700. The Labute approximate surface area is 130 Å². The molecule has 1 unspecified atom stereocenters. The number of hydrogen-bond acceptors (Lipinski definition) is 5. The van der Waals surface area contributed by atoms with Gasteiger partial charge in [0.05, 0.1) is 5.69 Å². The van der Waals surface area contributed by atoms with Crippen LogP contribution in [-0.4, -0.2) is 53.7 Å². The fraction of sp³-hybridized carbons (Fsp3) is 0.733. The van der Waals surface area contributed by atoms with Gasteiger partial charge in [-0.3, -0.25) is 0 Å². The van der Waals surface area contributed by atoms with Crippen LogP contribution in [0.3, 0.4) is 0 Å². The minimum atomic E-state index is -0.845. The molecule has 0 aliphatic carbocycles. The van der Waals surface area contributed by atoms with Gasteiger partial charge in [-0.05, 0) is 32.9 Å².